The number of benzene rings is 3. The van der Waals surface area contributed by atoms with Gasteiger partial charge in [0.25, 0.3) is 0 Å². The minimum Gasteiger partial charge on any atom is -0.496 e. The molecule has 3 rings (SSSR count). The Morgan fingerprint density at radius 1 is 0.850 bits per heavy atom. The summed E-state index contributed by atoms with van der Waals surface area (Å²) in [6, 6.07) is 18.4. The summed E-state index contributed by atoms with van der Waals surface area (Å²) in [6.45, 7) is 2.10. The summed E-state index contributed by atoms with van der Waals surface area (Å²) in [7, 11) is 1.70. The van der Waals surface area contributed by atoms with Crippen molar-refractivity contribution in [2.45, 2.75) is 6.92 Å². The lowest BCUT2D eigenvalue weighted by Crippen LogP contribution is -1.91. The summed E-state index contributed by atoms with van der Waals surface area (Å²) in [4.78, 5) is 0. The highest BCUT2D eigenvalue weighted by molar-refractivity contribution is 6.00. The van der Waals surface area contributed by atoms with Crippen LogP contribution in [0, 0.1) is 6.92 Å². The van der Waals surface area contributed by atoms with Gasteiger partial charge in [0.1, 0.15) is 5.75 Å². The molecule has 0 fully saturated rings. The first-order valence-electron chi connectivity index (χ1n) is 6.63. The maximum Gasteiger partial charge on any atom is 0.126 e. The molecule has 3 aromatic carbocycles. The van der Waals surface area contributed by atoms with E-state index in [-0.39, 0.29) is 0 Å². The van der Waals surface area contributed by atoms with Gasteiger partial charge in [-0.1, -0.05) is 36.4 Å². The van der Waals surface area contributed by atoms with Gasteiger partial charge in [0.2, 0.25) is 0 Å². The number of nitrogen functional groups attached to an aromatic ring is 1. The van der Waals surface area contributed by atoms with Crippen LogP contribution in [0.1, 0.15) is 5.56 Å². The van der Waals surface area contributed by atoms with Gasteiger partial charge in [-0.15, -0.1) is 0 Å². The van der Waals surface area contributed by atoms with Crippen molar-refractivity contribution in [2.24, 2.45) is 0 Å². The zero-order chi connectivity index (χ0) is 14.1. The Morgan fingerprint density at radius 2 is 1.60 bits per heavy atom. The molecule has 2 heteroatoms. The van der Waals surface area contributed by atoms with Gasteiger partial charge in [-0.05, 0) is 47.2 Å². The predicted molar refractivity (Wildman–Crippen MR) is 85.1 cm³/mol. The summed E-state index contributed by atoms with van der Waals surface area (Å²) >= 11 is 0. The van der Waals surface area contributed by atoms with Crippen LogP contribution in [0.5, 0.6) is 5.75 Å². The number of fused-ring (bicyclic) bond motifs is 1. The molecule has 3 aromatic rings. The highest BCUT2D eigenvalue weighted by Gasteiger charge is 2.09. The van der Waals surface area contributed by atoms with Gasteiger partial charge in [0.05, 0.1) is 7.11 Å². The monoisotopic (exact) mass is 263 g/mol. The minimum absolute atomic E-state index is 0.783. The van der Waals surface area contributed by atoms with Crippen molar-refractivity contribution in [3.63, 3.8) is 0 Å². The third-order valence-electron chi connectivity index (χ3n) is 3.66. The van der Waals surface area contributed by atoms with Crippen LogP contribution in [0.15, 0.2) is 54.6 Å². The average Bonchev–Trinajstić information content (AvgIpc) is 2.49. The molecule has 2 nitrogen and oxygen atoms in total. The number of hydrogen-bond acceptors (Lipinski definition) is 2. The number of ether oxygens (including phenoxy) is 1. The molecule has 0 aliphatic carbocycles. The normalized spacial score (nSPS) is 10.7. The molecule has 0 bridgehead atoms. The lowest BCUT2D eigenvalue weighted by molar-refractivity contribution is 0.420. The predicted octanol–water partition coefficient (Wildman–Crippen LogP) is 4.41. The molecule has 20 heavy (non-hydrogen) atoms. The van der Waals surface area contributed by atoms with Crippen molar-refractivity contribution < 1.29 is 4.74 Å². The van der Waals surface area contributed by atoms with Crippen molar-refractivity contribution in [2.75, 3.05) is 12.8 Å². The zero-order valence-electron chi connectivity index (χ0n) is 11.7. The zero-order valence-corrected chi connectivity index (χ0v) is 11.7. The Hall–Kier alpha value is -2.48. The van der Waals surface area contributed by atoms with E-state index >= 15 is 0 Å². The van der Waals surface area contributed by atoms with E-state index in [9.17, 15) is 0 Å². The topological polar surface area (TPSA) is 35.2 Å². The Balaban J connectivity index is 2.35. The molecule has 0 saturated heterocycles. The minimum atomic E-state index is 0.783. The fourth-order valence-corrected chi connectivity index (χ4v) is 2.61. The fourth-order valence-electron chi connectivity index (χ4n) is 2.61. The van der Waals surface area contributed by atoms with Gasteiger partial charge in [-0.3, -0.25) is 0 Å². The van der Waals surface area contributed by atoms with E-state index in [1.165, 1.54) is 22.1 Å². The standard InChI is InChI=1S/C18H17NO/c1-12-7-8-13(19)11-17(12)15-9-10-18(20-2)16-6-4-3-5-14(15)16/h3-11H,19H2,1-2H3. The first kappa shape index (κ1) is 12.5. The molecule has 0 unspecified atom stereocenters. The summed E-state index contributed by atoms with van der Waals surface area (Å²) < 4.78 is 5.45. The molecule has 0 heterocycles. The van der Waals surface area contributed by atoms with E-state index in [4.69, 9.17) is 10.5 Å². The molecule has 0 atom stereocenters. The lowest BCUT2D eigenvalue weighted by Gasteiger charge is -2.13. The number of aryl methyl sites for hydroxylation is 1. The van der Waals surface area contributed by atoms with Gasteiger partial charge in [-0.2, -0.15) is 0 Å². The smallest absolute Gasteiger partial charge is 0.126 e. The van der Waals surface area contributed by atoms with Crippen molar-refractivity contribution in [1.82, 2.24) is 0 Å². The van der Waals surface area contributed by atoms with Crippen LogP contribution in [-0.4, -0.2) is 7.11 Å². The number of anilines is 1. The van der Waals surface area contributed by atoms with Crippen LogP contribution in [-0.2, 0) is 0 Å². The highest BCUT2D eigenvalue weighted by Crippen LogP contribution is 2.36. The first-order chi connectivity index (χ1) is 9.70. The van der Waals surface area contributed by atoms with Gasteiger partial charge >= 0.3 is 0 Å². The van der Waals surface area contributed by atoms with E-state index in [2.05, 4.69) is 31.2 Å². The third-order valence-corrected chi connectivity index (χ3v) is 3.66. The Kier molecular flexibility index (Phi) is 3.07. The number of nitrogens with two attached hydrogens (primary N) is 1. The molecule has 0 aliphatic rings. The van der Waals surface area contributed by atoms with E-state index in [0.717, 1.165) is 16.8 Å². The summed E-state index contributed by atoms with van der Waals surface area (Å²) in [5.74, 6) is 0.894. The van der Waals surface area contributed by atoms with Crippen molar-refractivity contribution >= 4 is 16.5 Å². The number of methoxy groups -OCH3 is 1. The second kappa shape index (κ2) is 4.89. The molecule has 0 saturated carbocycles. The SMILES string of the molecule is COc1ccc(-c2cc(N)ccc2C)c2ccccc12. The van der Waals surface area contributed by atoms with Crippen molar-refractivity contribution in [1.29, 1.82) is 0 Å². The average molecular weight is 263 g/mol. The van der Waals surface area contributed by atoms with Crippen LogP contribution >= 0.6 is 0 Å². The van der Waals surface area contributed by atoms with Gasteiger partial charge in [-0.25, -0.2) is 0 Å². The summed E-state index contributed by atoms with van der Waals surface area (Å²) in [5, 5.41) is 2.30. The molecule has 100 valence electrons. The Labute approximate surface area is 118 Å². The maximum absolute atomic E-state index is 5.94. The highest BCUT2D eigenvalue weighted by atomic mass is 16.5. The van der Waals surface area contributed by atoms with Crippen LogP contribution in [0.2, 0.25) is 0 Å². The van der Waals surface area contributed by atoms with Crippen molar-refractivity contribution in [3.05, 3.63) is 60.2 Å². The Bertz CT molecular complexity index is 777. The molecule has 0 amide bonds. The lowest BCUT2D eigenvalue weighted by atomic mass is 9.94. The summed E-state index contributed by atoms with van der Waals surface area (Å²) in [5.41, 5.74) is 10.3. The fraction of sp³-hybridized carbons (Fsp3) is 0.111. The van der Waals surface area contributed by atoms with Gasteiger partial charge < -0.3 is 10.5 Å². The van der Waals surface area contributed by atoms with E-state index in [1.807, 2.05) is 30.3 Å². The van der Waals surface area contributed by atoms with Gasteiger partial charge in [0, 0.05) is 11.1 Å². The van der Waals surface area contributed by atoms with E-state index in [1.54, 1.807) is 7.11 Å². The molecular formula is C18H17NO. The second-order valence-corrected chi connectivity index (χ2v) is 4.94. The second-order valence-electron chi connectivity index (χ2n) is 4.94. The number of hydrogen-bond donors (Lipinski definition) is 1. The molecule has 0 spiro atoms. The number of rotatable bonds is 2. The third kappa shape index (κ3) is 1.99. The Morgan fingerprint density at radius 3 is 2.35 bits per heavy atom. The van der Waals surface area contributed by atoms with Crippen LogP contribution in [0.25, 0.3) is 21.9 Å². The van der Waals surface area contributed by atoms with E-state index in [0.29, 0.717) is 0 Å². The van der Waals surface area contributed by atoms with Crippen LogP contribution in [0.4, 0.5) is 5.69 Å². The quantitative estimate of drug-likeness (QED) is 0.695. The van der Waals surface area contributed by atoms with Crippen molar-refractivity contribution in [3.8, 4) is 16.9 Å². The summed E-state index contributed by atoms with van der Waals surface area (Å²) in [6.07, 6.45) is 0. The van der Waals surface area contributed by atoms with Crippen LogP contribution < -0.4 is 10.5 Å². The molecule has 0 radical (unpaired) electrons. The molecule has 2 N–H and O–H groups in total. The largest absolute Gasteiger partial charge is 0.496 e. The molecular weight excluding hydrogens is 246 g/mol. The van der Waals surface area contributed by atoms with E-state index < -0.39 is 0 Å². The van der Waals surface area contributed by atoms with Crippen LogP contribution in [0.3, 0.4) is 0 Å². The molecule has 0 aromatic heterocycles. The van der Waals surface area contributed by atoms with Gasteiger partial charge in [0.15, 0.2) is 0 Å². The molecule has 0 aliphatic heterocycles. The maximum atomic E-state index is 5.94. The first-order valence-corrected chi connectivity index (χ1v) is 6.63.